The highest BCUT2D eigenvalue weighted by Gasteiger charge is 2.10. The molecule has 0 bridgehead atoms. The number of nitrogens with two attached hydrogens (primary N) is 1. The monoisotopic (exact) mass is 243 g/mol. The van der Waals surface area contributed by atoms with Crippen molar-refractivity contribution >= 4 is 34.2 Å². The van der Waals surface area contributed by atoms with Crippen molar-refractivity contribution < 1.29 is 0 Å². The molecule has 0 aliphatic rings. The molecule has 1 atom stereocenters. The number of nitrogens with zero attached hydrogens (tertiary/aromatic N) is 1. The summed E-state index contributed by atoms with van der Waals surface area (Å²) in [4.78, 5) is 7.59. The van der Waals surface area contributed by atoms with E-state index >= 15 is 0 Å². The van der Waals surface area contributed by atoms with Crippen LogP contribution in [-0.2, 0) is 0 Å². The Labute approximate surface area is 97.6 Å². The second kappa shape index (κ2) is 4.00. The van der Waals surface area contributed by atoms with Crippen LogP contribution < -0.4 is 5.73 Å². The Morgan fingerprint density at radius 2 is 2.07 bits per heavy atom. The van der Waals surface area contributed by atoms with Crippen LogP contribution in [0.4, 0.5) is 0 Å². The van der Waals surface area contributed by atoms with Crippen LogP contribution in [0.2, 0.25) is 10.0 Å². The van der Waals surface area contributed by atoms with Crippen LogP contribution in [-0.4, -0.2) is 16.5 Å². The molecular weight excluding hydrogens is 233 g/mol. The summed E-state index contributed by atoms with van der Waals surface area (Å²) in [6, 6.07) is 3.53. The number of hydrogen-bond acceptors (Lipinski definition) is 2. The third-order valence-electron chi connectivity index (χ3n) is 2.36. The minimum absolute atomic E-state index is 0.204. The molecule has 2 aromatic rings. The lowest BCUT2D eigenvalue weighted by atomic mass is 10.2. The normalized spacial score (nSPS) is 13.3. The van der Waals surface area contributed by atoms with Gasteiger partial charge in [0.25, 0.3) is 0 Å². The van der Waals surface area contributed by atoms with Gasteiger partial charge in [-0.25, -0.2) is 4.98 Å². The maximum atomic E-state index is 5.91. The van der Waals surface area contributed by atoms with Gasteiger partial charge in [-0.1, -0.05) is 30.1 Å². The molecule has 15 heavy (non-hydrogen) atoms. The molecule has 80 valence electrons. The zero-order valence-electron chi connectivity index (χ0n) is 8.22. The highest BCUT2D eigenvalue weighted by molar-refractivity contribution is 6.42. The summed E-state index contributed by atoms with van der Waals surface area (Å²) in [6.07, 6.45) is 0. The molecule has 0 aliphatic heterocycles. The van der Waals surface area contributed by atoms with Gasteiger partial charge >= 0.3 is 0 Å². The summed E-state index contributed by atoms with van der Waals surface area (Å²) in [5.41, 5.74) is 7.28. The van der Waals surface area contributed by atoms with Gasteiger partial charge in [0.15, 0.2) is 0 Å². The van der Waals surface area contributed by atoms with E-state index in [0.29, 0.717) is 16.6 Å². The number of H-pyrrole nitrogens is 1. The molecule has 1 heterocycles. The Morgan fingerprint density at radius 3 is 2.73 bits per heavy atom. The van der Waals surface area contributed by atoms with E-state index in [4.69, 9.17) is 28.9 Å². The predicted molar refractivity (Wildman–Crippen MR) is 63.6 cm³/mol. The van der Waals surface area contributed by atoms with E-state index < -0.39 is 0 Å². The van der Waals surface area contributed by atoms with Crippen LogP contribution in [0.3, 0.4) is 0 Å². The molecule has 2 rings (SSSR count). The Balaban J connectivity index is 2.56. The van der Waals surface area contributed by atoms with E-state index in [0.717, 1.165) is 16.9 Å². The fourth-order valence-electron chi connectivity index (χ4n) is 1.37. The highest BCUT2D eigenvalue weighted by Crippen LogP contribution is 2.27. The average molecular weight is 244 g/mol. The quantitative estimate of drug-likeness (QED) is 0.853. The lowest BCUT2D eigenvalue weighted by Crippen LogP contribution is -2.10. The molecule has 1 unspecified atom stereocenters. The van der Waals surface area contributed by atoms with Crippen molar-refractivity contribution in [1.82, 2.24) is 9.97 Å². The van der Waals surface area contributed by atoms with Crippen LogP contribution in [0.5, 0.6) is 0 Å². The lowest BCUT2D eigenvalue weighted by molar-refractivity contribution is 0.728. The molecule has 0 spiro atoms. The summed E-state index contributed by atoms with van der Waals surface area (Å²) >= 11 is 11.8. The Hall–Kier alpha value is -0.770. The van der Waals surface area contributed by atoms with E-state index in [2.05, 4.69) is 9.97 Å². The summed E-state index contributed by atoms with van der Waals surface area (Å²) in [5, 5.41) is 1.04. The minimum Gasteiger partial charge on any atom is -0.342 e. The number of aromatic amines is 1. The first-order chi connectivity index (χ1) is 7.11. The van der Waals surface area contributed by atoms with Gasteiger partial charge in [0, 0.05) is 12.5 Å². The molecule has 0 fully saturated rings. The van der Waals surface area contributed by atoms with Gasteiger partial charge in [-0.15, -0.1) is 0 Å². The molecule has 0 saturated carbocycles. The number of rotatable bonds is 2. The molecule has 1 aromatic heterocycles. The van der Waals surface area contributed by atoms with Gasteiger partial charge in [-0.05, 0) is 12.1 Å². The molecule has 3 N–H and O–H groups in total. The van der Waals surface area contributed by atoms with Crippen molar-refractivity contribution in [2.45, 2.75) is 12.8 Å². The summed E-state index contributed by atoms with van der Waals surface area (Å²) in [6.45, 7) is 2.57. The van der Waals surface area contributed by atoms with E-state index in [1.165, 1.54) is 0 Å². The van der Waals surface area contributed by atoms with Crippen LogP contribution >= 0.6 is 23.2 Å². The largest absolute Gasteiger partial charge is 0.342 e. The third kappa shape index (κ3) is 1.95. The highest BCUT2D eigenvalue weighted by atomic mass is 35.5. The molecule has 5 heteroatoms. The van der Waals surface area contributed by atoms with Crippen LogP contribution in [0.15, 0.2) is 12.1 Å². The SMILES string of the molecule is CC(CN)c1nc2cc(Cl)c(Cl)cc2[nH]1. The maximum Gasteiger partial charge on any atom is 0.111 e. The van der Waals surface area contributed by atoms with Crippen LogP contribution in [0, 0.1) is 0 Å². The predicted octanol–water partition coefficient (Wildman–Crippen LogP) is 2.93. The van der Waals surface area contributed by atoms with Crippen molar-refractivity contribution in [3.05, 3.63) is 28.0 Å². The molecule has 0 amide bonds. The number of nitrogens with one attached hydrogen (secondary N) is 1. The summed E-state index contributed by atoms with van der Waals surface area (Å²) in [7, 11) is 0. The number of benzene rings is 1. The number of halogens is 2. The Morgan fingerprint density at radius 1 is 1.40 bits per heavy atom. The van der Waals surface area contributed by atoms with E-state index in [9.17, 15) is 0 Å². The lowest BCUT2D eigenvalue weighted by Gasteiger charge is -2.01. The summed E-state index contributed by atoms with van der Waals surface area (Å²) in [5.74, 6) is 1.07. The van der Waals surface area contributed by atoms with E-state index in [1.54, 1.807) is 12.1 Å². The maximum absolute atomic E-state index is 5.91. The van der Waals surface area contributed by atoms with E-state index in [1.807, 2.05) is 6.92 Å². The smallest absolute Gasteiger partial charge is 0.111 e. The van der Waals surface area contributed by atoms with Crippen molar-refractivity contribution in [1.29, 1.82) is 0 Å². The first-order valence-electron chi connectivity index (χ1n) is 4.66. The van der Waals surface area contributed by atoms with Crippen molar-refractivity contribution in [3.8, 4) is 0 Å². The third-order valence-corrected chi connectivity index (χ3v) is 3.08. The summed E-state index contributed by atoms with van der Waals surface area (Å²) < 4.78 is 0. The number of fused-ring (bicyclic) bond motifs is 1. The van der Waals surface area contributed by atoms with Gasteiger partial charge in [-0.2, -0.15) is 0 Å². The Bertz CT molecular complexity index is 454. The molecule has 1 aromatic carbocycles. The topological polar surface area (TPSA) is 54.7 Å². The van der Waals surface area contributed by atoms with Gasteiger partial charge in [0.05, 0.1) is 21.1 Å². The van der Waals surface area contributed by atoms with Crippen LogP contribution in [0.25, 0.3) is 11.0 Å². The molecule has 0 aliphatic carbocycles. The first kappa shape index (κ1) is 10.7. The standard InChI is InChI=1S/C10H11Cl2N3/c1-5(4-13)10-14-8-2-6(11)7(12)3-9(8)15-10/h2-3,5H,4,13H2,1H3,(H,14,15). The van der Waals surface area contributed by atoms with Gasteiger partial charge in [-0.3, -0.25) is 0 Å². The van der Waals surface area contributed by atoms with Gasteiger partial charge < -0.3 is 10.7 Å². The second-order valence-electron chi connectivity index (χ2n) is 3.54. The first-order valence-corrected chi connectivity index (χ1v) is 5.42. The zero-order valence-corrected chi connectivity index (χ0v) is 9.73. The van der Waals surface area contributed by atoms with Crippen molar-refractivity contribution in [2.24, 2.45) is 5.73 Å². The average Bonchev–Trinajstić information content (AvgIpc) is 2.60. The van der Waals surface area contributed by atoms with Gasteiger partial charge in [0.1, 0.15) is 5.82 Å². The number of imidazole rings is 1. The van der Waals surface area contributed by atoms with Crippen LogP contribution in [0.1, 0.15) is 18.7 Å². The van der Waals surface area contributed by atoms with Gasteiger partial charge in [0.2, 0.25) is 0 Å². The molecular formula is C10H11Cl2N3. The second-order valence-corrected chi connectivity index (χ2v) is 4.36. The fraction of sp³-hybridized carbons (Fsp3) is 0.300. The molecule has 0 radical (unpaired) electrons. The van der Waals surface area contributed by atoms with Crippen molar-refractivity contribution in [2.75, 3.05) is 6.54 Å². The number of hydrogen-bond donors (Lipinski definition) is 2. The zero-order chi connectivity index (χ0) is 11.0. The molecule has 3 nitrogen and oxygen atoms in total. The van der Waals surface area contributed by atoms with E-state index in [-0.39, 0.29) is 5.92 Å². The Kier molecular flexibility index (Phi) is 2.87. The molecule has 0 saturated heterocycles. The fourth-order valence-corrected chi connectivity index (χ4v) is 1.69. The van der Waals surface area contributed by atoms with Crippen molar-refractivity contribution in [3.63, 3.8) is 0 Å². The minimum atomic E-state index is 0.204. The number of aromatic nitrogens is 2.